The number of carbonyl (C=O) groups is 3. The first kappa shape index (κ1) is 26.8. The number of aromatic nitrogens is 2. The maximum Gasteiger partial charge on any atom is 0.433 e. The molecule has 3 aromatic heterocycles. The Labute approximate surface area is 231 Å². The minimum atomic E-state index is -4.74. The molecule has 2 aliphatic heterocycles. The lowest BCUT2D eigenvalue weighted by Crippen LogP contribution is -2.35. The normalized spacial score (nSPS) is 23.8. The third-order valence-electron chi connectivity index (χ3n) is 8.44. The summed E-state index contributed by atoms with van der Waals surface area (Å²) in [7, 11) is 0. The second kappa shape index (κ2) is 9.05. The highest BCUT2D eigenvalue weighted by Gasteiger charge is 2.72. The number of likely N-dealkylation sites (tertiary alicyclic amines) is 2. The van der Waals surface area contributed by atoms with E-state index in [4.69, 9.17) is 0 Å². The van der Waals surface area contributed by atoms with E-state index in [1.54, 1.807) is 6.07 Å². The van der Waals surface area contributed by atoms with Gasteiger partial charge in [0.1, 0.15) is 5.69 Å². The largest absolute Gasteiger partial charge is 0.433 e. The lowest BCUT2D eigenvalue weighted by Gasteiger charge is -2.21. The summed E-state index contributed by atoms with van der Waals surface area (Å²) < 4.78 is 55.2. The number of amides is 3. The molecule has 3 amide bonds. The van der Waals surface area contributed by atoms with Crippen LogP contribution in [0.25, 0.3) is 21.5 Å². The zero-order valence-electron chi connectivity index (χ0n) is 22.0. The van der Waals surface area contributed by atoms with Crippen LogP contribution in [0.3, 0.4) is 0 Å². The van der Waals surface area contributed by atoms with Gasteiger partial charge in [0.15, 0.2) is 0 Å². The molecule has 3 fully saturated rings. The number of pyridine rings is 2. The SMILES string of the molecule is Cc1cc(C(F)(F)F)nc(-c2ccnc3cc(CN4C(=O)C5C(C4=O)C5(C)C)sc23)c1C(=O)N1CC[C@H](CF)C1. The van der Waals surface area contributed by atoms with E-state index < -0.39 is 24.5 Å². The van der Waals surface area contributed by atoms with Crippen LogP contribution in [-0.4, -0.2) is 57.3 Å². The van der Waals surface area contributed by atoms with E-state index in [0.717, 1.165) is 6.07 Å². The quantitative estimate of drug-likeness (QED) is 0.307. The van der Waals surface area contributed by atoms with Gasteiger partial charge in [-0.3, -0.25) is 28.7 Å². The number of alkyl halides is 4. The fraction of sp³-hybridized carbons (Fsp3) is 0.464. The Balaban J connectivity index is 1.42. The average molecular weight is 575 g/mol. The second-order valence-corrected chi connectivity index (χ2v) is 12.6. The summed E-state index contributed by atoms with van der Waals surface area (Å²) in [6, 6.07) is 4.07. The molecule has 12 heteroatoms. The monoisotopic (exact) mass is 574 g/mol. The highest BCUT2D eigenvalue weighted by atomic mass is 32.1. The van der Waals surface area contributed by atoms with Crippen LogP contribution in [0.4, 0.5) is 17.6 Å². The molecule has 0 radical (unpaired) electrons. The molecular formula is C28H26F4N4O3S. The van der Waals surface area contributed by atoms with Crippen molar-refractivity contribution in [2.75, 3.05) is 19.8 Å². The van der Waals surface area contributed by atoms with Crippen LogP contribution in [0.15, 0.2) is 24.4 Å². The highest BCUT2D eigenvalue weighted by Crippen LogP contribution is 2.63. The maximum atomic E-state index is 13.8. The smallest absolute Gasteiger partial charge is 0.338 e. The fourth-order valence-corrected chi connectivity index (χ4v) is 7.27. The summed E-state index contributed by atoms with van der Waals surface area (Å²) in [6.07, 6.45) is -2.84. The van der Waals surface area contributed by atoms with Gasteiger partial charge in [0, 0.05) is 35.6 Å². The van der Waals surface area contributed by atoms with Crippen molar-refractivity contribution in [1.82, 2.24) is 19.8 Å². The Bertz CT molecular complexity index is 1560. The molecule has 1 aliphatic carbocycles. The minimum absolute atomic E-state index is 0.0298. The van der Waals surface area contributed by atoms with Gasteiger partial charge in [-0.15, -0.1) is 11.3 Å². The molecule has 210 valence electrons. The van der Waals surface area contributed by atoms with Crippen LogP contribution in [-0.2, 0) is 22.3 Å². The molecule has 0 aromatic carbocycles. The fourth-order valence-electron chi connectivity index (χ4n) is 6.15. The summed E-state index contributed by atoms with van der Waals surface area (Å²) >= 11 is 1.20. The molecule has 5 heterocycles. The zero-order chi connectivity index (χ0) is 28.7. The number of thiophene rings is 1. The standard InChI is InChI=1S/C28H26F4N4O3S/c1-13-8-18(28(30,31)32)34-22(19(13)24(37)35-7-5-14(10-29)11-35)16-4-6-33-17-9-15(40-23(16)17)12-36-25(38)20-21(26(36)39)27(20,2)3/h4,6,8-9,14,20-21H,5,7,10-12H2,1-3H3/t14-,20?,21?/m1/s1. The van der Waals surface area contributed by atoms with Crippen LogP contribution in [0.1, 0.15) is 46.8 Å². The molecule has 3 aliphatic rings. The molecule has 2 saturated heterocycles. The lowest BCUT2D eigenvalue weighted by atomic mass is 9.99. The minimum Gasteiger partial charge on any atom is -0.338 e. The van der Waals surface area contributed by atoms with Crippen molar-refractivity contribution in [1.29, 1.82) is 0 Å². The predicted octanol–water partition coefficient (Wildman–Crippen LogP) is 5.26. The number of imide groups is 1. The van der Waals surface area contributed by atoms with Crippen molar-refractivity contribution in [3.05, 3.63) is 46.1 Å². The van der Waals surface area contributed by atoms with Gasteiger partial charge >= 0.3 is 6.18 Å². The Morgan fingerprint density at radius 2 is 1.88 bits per heavy atom. The van der Waals surface area contributed by atoms with Crippen LogP contribution >= 0.6 is 11.3 Å². The highest BCUT2D eigenvalue weighted by molar-refractivity contribution is 7.19. The van der Waals surface area contributed by atoms with Gasteiger partial charge in [0.05, 0.1) is 46.5 Å². The van der Waals surface area contributed by atoms with Crippen molar-refractivity contribution >= 4 is 39.3 Å². The second-order valence-electron chi connectivity index (χ2n) is 11.4. The molecule has 3 atom stereocenters. The van der Waals surface area contributed by atoms with Crippen LogP contribution in [0.5, 0.6) is 0 Å². The Morgan fingerprint density at radius 3 is 2.50 bits per heavy atom. The van der Waals surface area contributed by atoms with E-state index >= 15 is 0 Å². The summed E-state index contributed by atoms with van der Waals surface area (Å²) in [5, 5.41) is 0. The van der Waals surface area contributed by atoms with Gasteiger partial charge in [-0.05, 0) is 42.5 Å². The van der Waals surface area contributed by atoms with Crippen LogP contribution < -0.4 is 0 Å². The van der Waals surface area contributed by atoms with E-state index in [2.05, 4.69) is 9.97 Å². The van der Waals surface area contributed by atoms with Crippen molar-refractivity contribution in [2.45, 2.75) is 39.9 Å². The Kier molecular flexibility index (Phi) is 6.06. The number of hydrogen-bond acceptors (Lipinski definition) is 6. The number of aryl methyl sites for hydroxylation is 1. The number of halogens is 4. The third kappa shape index (κ3) is 4.10. The van der Waals surface area contributed by atoms with Gasteiger partial charge < -0.3 is 4.90 Å². The third-order valence-corrected chi connectivity index (χ3v) is 9.58. The number of carbonyl (C=O) groups excluding carboxylic acids is 3. The van der Waals surface area contributed by atoms with Gasteiger partial charge in [0.25, 0.3) is 5.91 Å². The number of piperidine rings is 1. The van der Waals surface area contributed by atoms with Crippen molar-refractivity contribution in [3.8, 4) is 11.3 Å². The topological polar surface area (TPSA) is 83.5 Å². The molecular weight excluding hydrogens is 548 g/mol. The predicted molar refractivity (Wildman–Crippen MR) is 139 cm³/mol. The van der Waals surface area contributed by atoms with Crippen LogP contribution in [0, 0.1) is 30.1 Å². The molecule has 1 saturated carbocycles. The average Bonchev–Trinajstić information content (AvgIpc) is 3.32. The molecule has 7 nitrogen and oxygen atoms in total. The van der Waals surface area contributed by atoms with E-state index in [1.165, 1.54) is 40.3 Å². The number of fused-ring (bicyclic) bond motifs is 2. The molecule has 0 spiro atoms. The summed E-state index contributed by atoms with van der Waals surface area (Å²) in [5.74, 6) is -1.89. The van der Waals surface area contributed by atoms with Gasteiger partial charge in [-0.1, -0.05) is 13.8 Å². The van der Waals surface area contributed by atoms with E-state index in [9.17, 15) is 31.9 Å². The van der Waals surface area contributed by atoms with Crippen LogP contribution in [0.2, 0.25) is 0 Å². The van der Waals surface area contributed by atoms with Gasteiger partial charge in [-0.25, -0.2) is 4.98 Å². The maximum absolute atomic E-state index is 13.8. The molecule has 6 rings (SSSR count). The summed E-state index contributed by atoms with van der Waals surface area (Å²) in [4.78, 5) is 50.9. The van der Waals surface area contributed by atoms with E-state index in [1.807, 2.05) is 13.8 Å². The molecule has 0 bridgehead atoms. The first-order valence-corrected chi connectivity index (χ1v) is 13.8. The zero-order valence-corrected chi connectivity index (χ0v) is 22.8. The summed E-state index contributed by atoms with van der Waals surface area (Å²) in [6.45, 7) is 5.18. The molecule has 40 heavy (non-hydrogen) atoms. The lowest BCUT2D eigenvalue weighted by molar-refractivity contribution is -0.144. The molecule has 3 aromatic rings. The van der Waals surface area contributed by atoms with E-state index in [-0.39, 0.29) is 64.9 Å². The van der Waals surface area contributed by atoms with Gasteiger partial charge in [-0.2, -0.15) is 13.2 Å². The number of nitrogens with zero attached hydrogens (tertiary/aromatic N) is 4. The molecule has 0 N–H and O–H groups in total. The van der Waals surface area contributed by atoms with Crippen molar-refractivity contribution in [2.24, 2.45) is 23.2 Å². The van der Waals surface area contributed by atoms with Crippen molar-refractivity contribution in [3.63, 3.8) is 0 Å². The molecule has 2 unspecified atom stereocenters. The number of rotatable bonds is 5. The van der Waals surface area contributed by atoms with Gasteiger partial charge in [0.2, 0.25) is 11.8 Å². The number of hydrogen-bond donors (Lipinski definition) is 0. The van der Waals surface area contributed by atoms with Crippen molar-refractivity contribution < 1.29 is 31.9 Å². The van der Waals surface area contributed by atoms with E-state index in [0.29, 0.717) is 33.6 Å². The Morgan fingerprint density at radius 1 is 1.18 bits per heavy atom. The first-order chi connectivity index (χ1) is 18.8. The first-order valence-electron chi connectivity index (χ1n) is 13.0. The Hall–Kier alpha value is -3.41. The summed E-state index contributed by atoms with van der Waals surface area (Å²) in [5.41, 5.74) is -0.700.